The number of morpholine rings is 1. The molecule has 0 saturated carbocycles. The highest BCUT2D eigenvalue weighted by molar-refractivity contribution is 7.93. The lowest BCUT2D eigenvalue weighted by atomic mass is 10.1. The molecule has 2 aliphatic rings. The van der Waals surface area contributed by atoms with Crippen molar-refractivity contribution in [3.05, 3.63) is 62.1 Å². The van der Waals surface area contributed by atoms with Gasteiger partial charge in [0.05, 0.1) is 24.7 Å². The Morgan fingerprint density at radius 1 is 1.13 bits per heavy atom. The number of thiazole rings is 2. The van der Waals surface area contributed by atoms with E-state index in [0.717, 1.165) is 22.8 Å². The van der Waals surface area contributed by atoms with Gasteiger partial charge in [-0.3, -0.25) is 18.4 Å². The van der Waals surface area contributed by atoms with Crippen molar-refractivity contribution in [1.29, 1.82) is 0 Å². The zero-order valence-electron chi connectivity index (χ0n) is 20.2. The molecule has 1 aromatic carbocycles. The molecule has 4 aromatic rings. The van der Waals surface area contributed by atoms with Crippen LogP contribution in [0, 0.1) is 5.82 Å². The summed E-state index contributed by atoms with van der Waals surface area (Å²) in [4.78, 5) is 26.3. The molecule has 0 atom stereocenters. The fourth-order valence-electron chi connectivity index (χ4n) is 4.70. The molecular formula is C24H24FN5O5S3. The van der Waals surface area contributed by atoms with Gasteiger partial charge in [0.25, 0.3) is 0 Å². The number of halogens is 1. The summed E-state index contributed by atoms with van der Waals surface area (Å²) in [5.74, 6) is -0.958. The van der Waals surface area contributed by atoms with E-state index in [2.05, 4.69) is 14.9 Å². The predicted molar refractivity (Wildman–Crippen MR) is 143 cm³/mol. The summed E-state index contributed by atoms with van der Waals surface area (Å²) in [6.45, 7) is 3.95. The van der Waals surface area contributed by atoms with E-state index >= 15 is 0 Å². The van der Waals surface area contributed by atoms with Crippen molar-refractivity contribution in [2.75, 3.05) is 42.9 Å². The number of hydrogen-bond acceptors (Lipinski definition) is 10. The summed E-state index contributed by atoms with van der Waals surface area (Å²) in [6, 6.07) is 4.12. The number of anilines is 1. The van der Waals surface area contributed by atoms with Crippen molar-refractivity contribution in [3.8, 4) is 16.5 Å². The average molecular weight is 578 g/mol. The molecule has 2 saturated heterocycles. The van der Waals surface area contributed by atoms with Crippen LogP contribution in [-0.2, 0) is 27.7 Å². The first-order valence-electron chi connectivity index (χ1n) is 12.1. The number of aromatic nitrogens is 3. The van der Waals surface area contributed by atoms with Crippen molar-refractivity contribution in [2.24, 2.45) is 0 Å². The highest BCUT2D eigenvalue weighted by Gasteiger charge is 2.30. The van der Waals surface area contributed by atoms with Gasteiger partial charge in [-0.25, -0.2) is 22.8 Å². The maximum atomic E-state index is 14.1. The van der Waals surface area contributed by atoms with Gasteiger partial charge in [-0.15, -0.1) is 11.3 Å². The minimum Gasteiger partial charge on any atom is -0.501 e. The van der Waals surface area contributed by atoms with E-state index in [4.69, 9.17) is 4.74 Å². The molecule has 0 spiro atoms. The van der Waals surface area contributed by atoms with E-state index in [0.29, 0.717) is 60.4 Å². The van der Waals surface area contributed by atoms with Crippen molar-refractivity contribution < 1.29 is 22.7 Å². The molecular weight excluding hydrogens is 553 g/mol. The van der Waals surface area contributed by atoms with Crippen LogP contribution in [0.15, 0.2) is 35.4 Å². The molecule has 2 fully saturated rings. The van der Waals surface area contributed by atoms with Crippen LogP contribution < -0.4 is 9.86 Å². The molecule has 0 aliphatic carbocycles. The monoisotopic (exact) mass is 577 g/mol. The van der Waals surface area contributed by atoms with Gasteiger partial charge in [-0.1, -0.05) is 17.4 Å². The topological polar surface area (TPSA) is 117 Å². The molecule has 0 bridgehead atoms. The molecule has 10 nitrogen and oxygen atoms in total. The third kappa shape index (κ3) is 4.82. The van der Waals surface area contributed by atoms with Crippen LogP contribution in [0.2, 0.25) is 0 Å². The molecule has 200 valence electrons. The Labute approximate surface area is 225 Å². The number of aromatic hydroxyl groups is 1. The number of rotatable bonds is 6. The minimum absolute atomic E-state index is 0.0352. The second-order valence-electron chi connectivity index (χ2n) is 9.18. The fourth-order valence-corrected chi connectivity index (χ4v) is 8.22. The molecule has 6 rings (SSSR count). The number of ether oxygens (including phenoxy) is 1. The quantitative estimate of drug-likeness (QED) is 0.372. The molecule has 0 unspecified atom stereocenters. The molecule has 0 amide bonds. The molecule has 38 heavy (non-hydrogen) atoms. The summed E-state index contributed by atoms with van der Waals surface area (Å²) >= 11 is 2.63. The van der Waals surface area contributed by atoms with Crippen molar-refractivity contribution in [2.45, 2.75) is 19.4 Å². The molecule has 1 N–H and O–H groups in total. The van der Waals surface area contributed by atoms with Gasteiger partial charge in [0.1, 0.15) is 16.5 Å². The Bertz CT molecular complexity index is 1680. The van der Waals surface area contributed by atoms with Gasteiger partial charge in [-0.05, 0) is 24.1 Å². The number of fused-ring (bicyclic) bond motifs is 1. The molecule has 14 heteroatoms. The fraction of sp³-hybridized carbons (Fsp3) is 0.375. The third-order valence-corrected chi connectivity index (χ3v) is 10.4. The Hall–Kier alpha value is -2.91. The van der Waals surface area contributed by atoms with E-state index in [9.17, 15) is 22.7 Å². The van der Waals surface area contributed by atoms with E-state index < -0.39 is 27.1 Å². The lowest BCUT2D eigenvalue weighted by molar-refractivity contribution is 0.0346. The van der Waals surface area contributed by atoms with Gasteiger partial charge >= 0.3 is 5.56 Å². The Morgan fingerprint density at radius 3 is 2.71 bits per heavy atom. The number of benzene rings is 1. The van der Waals surface area contributed by atoms with Crippen LogP contribution >= 0.6 is 22.7 Å². The first kappa shape index (κ1) is 25.4. The van der Waals surface area contributed by atoms with Crippen LogP contribution in [0.1, 0.15) is 21.7 Å². The first-order chi connectivity index (χ1) is 18.3. The van der Waals surface area contributed by atoms with Crippen molar-refractivity contribution >= 4 is 43.3 Å². The normalized spacial score (nSPS) is 18.0. The van der Waals surface area contributed by atoms with Crippen LogP contribution in [0.4, 0.5) is 10.1 Å². The Morgan fingerprint density at radius 2 is 1.95 bits per heavy atom. The Kier molecular flexibility index (Phi) is 6.68. The summed E-state index contributed by atoms with van der Waals surface area (Å²) < 4.78 is 47.0. The van der Waals surface area contributed by atoms with E-state index in [1.165, 1.54) is 43.5 Å². The van der Waals surface area contributed by atoms with Crippen molar-refractivity contribution in [3.63, 3.8) is 0 Å². The zero-order valence-corrected chi connectivity index (χ0v) is 22.6. The molecule has 0 radical (unpaired) electrons. The highest BCUT2D eigenvalue weighted by atomic mass is 32.2. The predicted octanol–water partition coefficient (Wildman–Crippen LogP) is 2.69. The van der Waals surface area contributed by atoms with Crippen LogP contribution in [-0.4, -0.2) is 71.4 Å². The standard InChI is InChI=1S/C24H24FN5O5S3/c25-16-3-2-15(19(11-16)30-4-1-9-38(30,33)34)10-17-12-26-22(36-17)20-21(31)23(32)29-14-18(37-24(29)27-20)13-28-5-7-35-8-6-28/h2-3,11-12,14,31H,1,4-10,13H2. The first-order valence-corrected chi connectivity index (χ1v) is 15.3. The molecule has 2 aliphatic heterocycles. The zero-order chi connectivity index (χ0) is 26.4. The second-order valence-corrected chi connectivity index (χ2v) is 13.4. The number of nitrogens with zero attached hydrogens (tertiary/aromatic N) is 5. The summed E-state index contributed by atoms with van der Waals surface area (Å²) in [5, 5.41) is 11.1. The van der Waals surface area contributed by atoms with Gasteiger partial charge in [0.2, 0.25) is 15.8 Å². The number of sulfonamides is 1. The van der Waals surface area contributed by atoms with Crippen LogP contribution in [0.5, 0.6) is 5.75 Å². The smallest absolute Gasteiger partial charge is 0.301 e. The third-order valence-electron chi connectivity index (χ3n) is 6.57. The van der Waals surface area contributed by atoms with E-state index in [-0.39, 0.29) is 11.4 Å². The summed E-state index contributed by atoms with van der Waals surface area (Å²) in [5.41, 5.74) is 0.508. The lowest BCUT2D eigenvalue weighted by Gasteiger charge is -2.25. The van der Waals surface area contributed by atoms with E-state index in [1.807, 2.05) is 0 Å². The van der Waals surface area contributed by atoms with Crippen LogP contribution in [0.3, 0.4) is 0 Å². The van der Waals surface area contributed by atoms with Gasteiger partial charge in [-0.2, -0.15) is 0 Å². The van der Waals surface area contributed by atoms with Gasteiger partial charge in [0.15, 0.2) is 4.96 Å². The largest absolute Gasteiger partial charge is 0.501 e. The van der Waals surface area contributed by atoms with Gasteiger partial charge in [0, 0.05) is 54.7 Å². The number of hydrogen-bond donors (Lipinski definition) is 1. The van der Waals surface area contributed by atoms with E-state index in [1.54, 1.807) is 18.5 Å². The molecule has 3 aromatic heterocycles. The maximum absolute atomic E-state index is 14.1. The SMILES string of the molecule is O=c1c(O)c(-c2ncc(Cc3ccc(F)cc3N3CCCS3(=O)=O)s2)nc2sc(CN3CCOCC3)cn12. The van der Waals surface area contributed by atoms with Crippen molar-refractivity contribution in [1.82, 2.24) is 19.3 Å². The summed E-state index contributed by atoms with van der Waals surface area (Å²) in [6.07, 6.45) is 4.11. The second kappa shape index (κ2) is 10.0. The Balaban J connectivity index is 1.29. The van der Waals surface area contributed by atoms with Crippen LogP contribution in [0.25, 0.3) is 15.7 Å². The lowest BCUT2D eigenvalue weighted by Crippen LogP contribution is -2.35. The minimum atomic E-state index is -3.48. The molecule has 5 heterocycles. The highest BCUT2D eigenvalue weighted by Crippen LogP contribution is 2.34. The maximum Gasteiger partial charge on any atom is 0.301 e. The average Bonchev–Trinajstić information content (AvgIpc) is 3.61. The summed E-state index contributed by atoms with van der Waals surface area (Å²) in [7, 11) is -3.48. The van der Waals surface area contributed by atoms with Gasteiger partial charge < -0.3 is 9.84 Å².